The quantitative estimate of drug-likeness (QED) is 0.854. The second-order valence-electron chi connectivity index (χ2n) is 4.42. The fourth-order valence-electron chi connectivity index (χ4n) is 2.27. The van der Waals surface area contributed by atoms with Crippen LogP contribution in [0.25, 0.3) is 11.3 Å². The molecule has 92 valence electrons. The number of nitrogen functional groups attached to an aromatic ring is 1. The summed E-state index contributed by atoms with van der Waals surface area (Å²) < 4.78 is 0. The summed E-state index contributed by atoms with van der Waals surface area (Å²) in [5, 5.41) is 1.68. The van der Waals surface area contributed by atoms with Gasteiger partial charge in [0.2, 0.25) is 5.91 Å². The summed E-state index contributed by atoms with van der Waals surface area (Å²) in [6.45, 7) is 1.94. The van der Waals surface area contributed by atoms with E-state index in [1.165, 1.54) is 11.3 Å². The molecule has 1 amide bonds. The highest BCUT2D eigenvalue weighted by molar-refractivity contribution is 7.16. The van der Waals surface area contributed by atoms with E-state index in [0.29, 0.717) is 6.42 Å². The smallest absolute Gasteiger partial charge is 0.231 e. The first kappa shape index (κ1) is 11.2. The fraction of sp³-hybridized carbons (Fsp3) is 0.231. The molecule has 4 nitrogen and oxygen atoms in total. The maximum atomic E-state index is 11.6. The van der Waals surface area contributed by atoms with Crippen LogP contribution in [0.4, 0.5) is 10.7 Å². The number of carbonyl (C=O) groups excluding carboxylic acids is 1. The molecule has 5 heteroatoms. The predicted octanol–water partition coefficient (Wildman–Crippen LogP) is 2.22. The lowest BCUT2D eigenvalue weighted by atomic mass is 10.1. The molecule has 0 atom stereocenters. The molecular formula is C13H13N3OS. The van der Waals surface area contributed by atoms with Crippen molar-refractivity contribution in [2.24, 2.45) is 0 Å². The largest absolute Gasteiger partial charge is 0.389 e. The standard InChI is InChI=1S/C13H13N3OS/c1-7-15-12(13(14)18-7)8-3-4-10-9(5-8)6-11(17)16(10)2/h3-5H,6,14H2,1-2H3. The van der Waals surface area contributed by atoms with Crippen molar-refractivity contribution in [1.82, 2.24) is 4.98 Å². The van der Waals surface area contributed by atoms with Crippen molar-refractivity contribution in [1.29, 1.82) is 0 Å². The summed E-state index contributed by atoms with van der Waals surface area (Å²) in [6, 6.07) is 5.95. The Bertz CT molecular complexity index is 648. The number of carbonyl (C=O) groups is 1. The predicted molar refractivity (Wildman–Crippen MR) is 73.8 cm³/mol. The molecule has 0 saturated heterocycles. The van der Waals surface area contributed by atoms with Crippen LogP contribution in [0.1, 0.15) is 10.6 Å². The van der Waals surface area contributed by atoms with Gasteiger partial charge < -0.3 is 10.6 Å². The van der Waals surface area contributed by atoms with E-state index in [0.717, 1.165) is 32.5 Å². The third-order valence-electron chi connectivity index (χ3n) is 3.19. The number of fused-ring (bicyclic) bond motifs is 1. The minimum absolute atomic E-state index is 0.129. The van der Waals surface area contributed by atoms with Crippen LogP contribution < -0.4 is 10.6 Å². The fourth-order valence-corrected chi connectivity index (χ4v) is 2.98. The van der Waals surface area contributed by atoms with Crippen molar-refractivity contribution in [3.05, 3.63) is 28.8 Å². The van der Waals surface area contributed by atoms with Crippen molar-refractivity contribution in [3.63, 3.8) is 0 Å². The maximum Gasteiger partial charge on any atom is 0.231 e. The third-order valence-corrected chi connectivity index (χ3v) is 3.99. The van der Waals surface area contributed by atoms with Gasteiger partial charge in [-0.1, -0.05) is 6.07 Å². The average molecular weight is 259 g/mol. The first-order valence-corrected chi connectivity index (χ1v) is 6.50. The van der Waals surface area contributed by atoms with Crippen LogP contribution >= 0.6 is 11.3 Å². The Labute approximate surface area is 109 Å². The molecule has 2 N–H and O–H groups in total. The molecule has 1 aliphatic rings. The number of anilines is 2. The third kappa shape index (κ3) is 1.59. The average Bonchev–Trinajstić information content (AvgIpc) is 2.80. The zero-order valence-electron chi connectivity index (χ0n) is 10.2. The lowest BCUT2D eigenvalue weighted by Crippen LogP contribution is -2.20. The van der Waals surface area contributed by atoms with Gasteiger partial charge in [-0.3, -0.25) is 4.79 Å². The summed E-state index contributed by atoms with van der Waals surface area (Å²) in [7, 11) is 1.80. The molecule has 0 fully saturated rings. The van der Waals surface area contributed by atoms with Crippen molar-refractivity contribution in [2.75, 3.05) is 17.7 Å². The monoisotopic (exact) mass is 259 g/mol. The number of hydrogen-bond acceptors (Lipinski definition) is 4. The highest BCUT2D eigenvalue weighted by Crippen LogP contribution is 2.35. The van der Waals surface area contributed by atoms with Gasteiger partial charge in [0.1, 0.15) is 10.7 Å². The molecule has 1 aliphatic heterocycles. The van der Waals surface area contributed by atoms with Crippen LogP contribution in [0.2, 0.25) is 0 Å². The van der Waals surface area contributed by atoms with Crippen LogP contribution in [-0.2, 0) is 11.2 Å². The number of nitrogens with two attached hydrogens (primary N) is 1. The molecule has 2 heterocycles. The van der Waals surface area contributed by atoms with Crippen LogP contribution in [0.3, 0.4) is 0 Å². The minimum Gasteiger partial charge on any atom is -0.389 e. The zero-order valence-corrected chi connectivity index (χ0v) is 11.0. The number of amides is 1. The first-order valence-electron chi connectivity index (χ1n) is 5.69. The van der Waals surface area contributed by atoms with E-state index in [-0.39, 0.29) is 5.91 Å². The lowest BCUT2D eigenvalue weighted by molar-refractivity contribution is -0.117. The topological polar surface area (TPSA) is 59.2 Å². The molecule has 0 aliphatic carbocycles. The van der Waals surface area contributed by atoms with Gasteiger partial charge in [0.15, 0.2) is 0 Å². The molecule has 0 radical (unpaired) electrons. The van der Waals surface area contributed by atoms with Gasteiger partial charge in [-0.15, -0.1) is 11.3 Å². The Morgan fingerprint density at radius 2 is 2.22 bits per heavy atom. The molecule has 0 bridgehead atoms. The van der Waals surface area contributed by atoms with Gasteiger partial charge in [0.25, 0.3) is 0 Å². The molecule has 1 aromatic carbocycles. The summed E-state index contributed by atoms with van der Waals surface area (Å²) in [5.74, 6) is 0.129. The number of aromatic nitrogens is 1. The van der Waals surface area contributed by atoms with Gasteiger partial charge in [-0.2, -0.15) is 0 Å². The van der Waals surface area contributed by atoms with Gasteiger partial charge in [0, 0.05) is 18.3 Å². The highest BCUT2D eigenvalue weighted by Gasteiger charge is 2.24. The summed E-state index contributed by atoms with van der Waals surface area (Å²) in [4.78, 5) is 17.8. The number of likely N-dealkylation sites (N-methyl/N-ethyl adjacent to an activating group) is 1. The van der Waals surface area contributed by atoms with Crippen LogP contribution in [0, 0.1) is 6.92 Å². The number of thiazole rings is 1. The SMILES string of the molecule is Cc1nc(-c2ccc3c(c2)CC(=O)N3C)c(N)s1. The number of benzene rings is 1. The Morgan fingerprint density at radius 1 is 1.44 bits per heavy atom. The maximum absolute atomic E-state index is 11.6. The van der Waals surface area contributed by atoms with E-state index in [2.05, 4.69) is 4.98 Å². The molecule has 2 aromatic rings. The van der Waals surface area contributed by atoms with E-state index in [1.54, 1.807) is 11.9 Å². The molecule has 0 spiro atoms. The highest BCUT2D eigenvalue weighted by atomic mass is 32.1. The van der Waals surface area contributed by atoms with Crippen molar-refractivity contribution in [3.8, 4) is 11.3 Å². The Morgan fingerprint density at radius 3 is 2.89 bits per heavy atom. The number of aryl methyl sites for hydroxylation is 1. The summed E-state index contributed by atoms with van der Waals surface area (Å²) in [5.41, 5.74) is 9.79. The Kier molecular flexibility index (Phi) is 2.38. The second kappa shape index (κ2) is 3.81. The molecule has 18 heavy (non-hydrogen) atoms. The Balaban J connectivity index is 2.09. The summed E-state index contributed by atoms with van der Waals surface area (Å²) in [6.07, 6.45) is 0.461. The minimum atomic E-state index is 0.129. The number of hydrogen-bond donors (Lipinski definition) is 1. The molecule has 3 rings (SSSR count). The first-order chi connectivity index (χ1) is 8.56. The van der Waals surface area contributed by atoms with Crippen molar-refractivity contribution < 1.29 is 4.79 Å². The van der Waals surface area contributed by atoms with Gasteiger partial charge in [0.05, 0.1) is 11.4 Å². The molecule has 0 unspecified atom stereocenters. The number of nitrogens with zero attached hydrogens (tertiary/aromatic N) is 2. The van der Waals surface area contributed by atoms with E-state index in [1.807, 2.05) is 25.1 Å². The van der Waals surface area contributed by atoms with E-state index in [9.17, 15) is 4.79 Å². The molecule has 0 saturated carbocycles. The van der Waals surface area contributed by atoms with Crippen LogP contribution in [0.5, 0.6) is 0 Å². The van der Waals surface area contributed by atoms with E-state index < -0.39 is 0 Å². The molecular weight excluding hydrogens is 246 g/mol. The van der Waals surface area contributed by atoms with Gasteiger partial charge >= 0.3 is 0 Å². The number of rotatable bonds is 1. The van der Waals surface area contributed by atoms with Crippen LogP contribution in [-0.4, -0.2) is 17.9 Å². The van der Waals surface area contributed by atoms with Crippen LogP contribution in [0.15, 0.2) is 18.2 Å². The van der Waals surface area contributed by atoms with Gasteiger partial charge in [-0.25, -0.2) is 4.98 Å². The van der Waals surface area contributed by atoms with Crippen molar-refractivity contribution in [2.45, 2.75) is 13.3 Å². The van der Waals surface area contributed by atoms with E-state index >= 15 is 0 Å². The zero-order chi connectivity index (χ0) is 12.9. The van der Waals surface area contributed by atoms with Gasteiger partial charge in [-0.05, 0) is 24.6 Å². The summed E-state index contributed by atoms with van der Waals surface area (Å²) >= 11 is 1.49. The second-order valence-corrected chi connectivity index (χ2v) is 5.65. The normalized spacial score (nSPS) is 14.1. The Hall–Kier alpha value is -1.88. The van der Waals surface area contributed by atoms with Crippen molar-refractivity contribution >= 4 is 27.9 Å². The van der Waals surface area contributed by atoms with E-state index in [4.69, 9.17) is 5.73 Å². The lowest BCUT2D eigenvalue weighted by Gasteiger charge is -2.10. The molecule has 1 aromatic heterocycles.